The van der Waals surface area contributed by atoms with Crippen molar-refractivity contribution in [3.05, 3.63) is 0 Å². The Labute approximate surface area is 98.2 Å². The Morgan fingerprint density at radius 3 is 2.87 bits per heavy atom. The molecule has 0 aromatic rings. The van der Waals surface area contributed by atoms with Crippen LogP contribution in [-0.2, 0) is 0 Å². The second-order valence-electron chi connectivity index (χ2n) is 5.12. The number of nitrogens with one attached hydrogen (secondary N) is 1. The maximum atomic E-state index is 3.75. The van der Waals surface area contributed by atoms with Crippen molar-refractivity contribution in [1.82, 2.24) is 10.2 Å². The second-order valence-corrected chi connectivity index (χ2v) is 6.53. The first-order valence-electron chi connectivity index (χ1n) is 6.34. The van der Waals surface area contributed by atoms with Gasteiger partial charge in [0.1, 0.15) is 0 Å². The summed E-state index contributed by atoms with van der Waals surface area (Å²) in [4.78, 5) is 2.58. The molecule has 15 heavy (non-hydrogen) atoms. The van der Waals surface area contributed by atoms with E-state index in [-0.39, 0.29) is 0 Å². The van der Waals surface area contributed by atoms with Gasteiger partial charge in [-0.15, -0.1) is 0 Å². The molecule has 2 heterocycles. The minimum absolute atomic E-state index is 0.720. The highest BCUT2D eigenvalue weighted by Gasteiger charge is 2.25. The summed E-state index contributed by atoms with van der Waals surface area (Å²) < 4.78 is 0. The van der Waals surface area contributed by atoms with Crippen molar-refractivity contribution < 1.29 is 0 Å². The van der Waals surface area contributed by atoms with Crippen LogP contribution in [0.1, 0.15) is 33.1 Å². The fourth-order valence-corrected chi connectivity index (χ4v) is 3.74. The largest absolute Gasteiger partial charge is 0.312 e. The van der Waals surface area contributed by atoms with Gasteiger partial charge in [0.15, 0.2) is 0 Å². The van der Waals surface area contributed by atoms with Gasteiger partial charge in [0.25, 0.3) is 0 Å². The quantitative estimate of drug-likeness (QED) is 0.792. The smallest absolute Gasteiger partial charge is 0.0207 e. The van der Waals surface area contributed by atoms with Gasteiger partial charge in [0.2, 0.25) is 0 Å². The van der Waals surface area contributed by atoms with Crippen LogP contribution >= 0.6 is 11.8 Å². The van der Waals surface area contributed by atoms with Gasteiger partial charge in [-0.25, -0.2) is 0 Å². The fraction of sp³-hybridized carbons (Fsp3) is 1.00. The van der Waals surface area contributed by atoms with E-state index in [4.69, 9.17) is 0 Å². The summed E-state index contributed by atoms with van der Waals surface area (Å²) in [6.07, 6.45) is 4.20. The molecule has 0 aromatic carbocycles. The molecule has 0 saturated carbocycles. The standard InChI is InChI=1S/C12H24N2S/c1-10(2)14-6-5-11(9-14)13-8-12-4-3-7-15-12/h10-13H,3-9H2,1-2H3. The van der Waals surface area contributed by atoms with Crippen LogP contribution < -0.4 is 5.32 Å². The summed E-state index contributed by atoms with van der Waals surface area (Å²) in [6, 6.07) is 1.48. The van der Waals surface area contributed by atoms with E-state index in [1.54, 1.807) is 0 Å². The molecule has 0 aromatic heterocycles. The highest BCUT2D eigenvalue weighted by molar-refractivity contribution is 8.00. The van der Waals surface area contributed by atoms with Gasteiger partial charge in [-0.05, 0) is 45.4 Å². The Morgan fingerprint density at radius 1 is 1.40 bits per heavy atom. The molecule has 2 unspecified atom stereocenters. The average molecular weight is 228 g/mol. The predicted octanol–water partition coefficient (Wildman–Crippen LogP) is 1.95. The van der Waals surface area contributed by atoms with Crippen LogP contribution in [0.3, 0.4) is 0 Å². The molecule has 0 spiro atoms. The van der Waals surface area contributed by atoms with Crippen molar-refractivity contribution in [1.29, 1.82) is 0 Å². The topological polar surface area (TPSA) is 15.3 Å². The molecule has 2 atom stereocenters. The van der Waals surface area contributed by atoms with Crippen LogP contribution in [0.4, 0.5) is 0 Å². The number of thioether (sulfide) groups is 1. The zero-order chi connectivity index (χ0) is 10.7. The predicted molar refractivity (Wildman–Crippen MR) is 68.6 cm³/mol. The van der Waals surface area contributed by atoms with Crippen molar-refractivity contribution in [2.24, 2.45) is 0 Å². The summed E-state index contributed by atoms with van der Waals surface area (Å²) in [6.45, 7) is 8.38. The second kappa shape index (κ2) is 5.55. The third kappa shape index (κ3) is 3.36. The molecule has 0 amide bonds. The molecule has 0 aliphatic carbocycles. The third-order valence-corrected chi connectivity index (χ3v) is 5.01. The van der Waals surface area contributed by atoms with Crippen molar-refractivity contribution in [3.8, 4) is 0 Å². The molecule has 2 fully saturated rings. The van der Waals surface area contributed by atoms with Crippen LogP contribution in [0.25, 0.3) is 0 Å². The van der Waals surface area contributed by atoms with E-state index >= 15 is 0 Å². The van der Waals surface area contributed by atoms with Crippen molar-refractivity contribution in [2.75, 3.05) is 25.4 Å². The number of hydrogen-bond acceptors (Lipinski definition) is 3. The van der Waals surface area contributed by atoms with Crippen LogP contribution in [0.2, 0.25) is 0 Å². The highest BCUT2D eigenvalue weighted by atomic mass is 32.2. The number of likely N-dealkylation sites (tertiary alicyclic amines) is 1. The van der Waals surface area contributed by atoms with Gasteiger partial charge in [-0.3, -0.25) is 4.90 Å². The van der Waals surface area contributed by atoms with E-state index in [9.17, 15) is 0 Å². The van der Waals surface area contributed by atoms with Crippen LogP contribution in [0, 0.1) is 0 Å². The zero-order valence-electron chi connectivity index (χ0n) is 10.0. The Morgan fingerprint density at radius 2 is 2.27 bits per heavy atom. The minimum atomic E-state index is 0.720. The summed E-state index contributed by atoms with van der Waals surface area (Å²) in [7, 11) is 0. The number of nitrogens with zero attached hydrogens (tertiary/aromatic N) is 1. The highest BCUT2D eigenvalue weighted by Crippen LogP contribution is 2.25. The lowest BCUT2D eigenvalue weighted by Crippen LogP contribution is -2.37. The van der Waals surface area contributed by atoms with E-state index in [1.165, 1.54) is 44.6 Å². The lowest BCUT2D eigenvalue weighted by Gasteiger charge is -2.21. The van der Waals surface area contributed by atoms with Gasteiger partial charge in [0, 0.05) is 30.4 Å². The van der Waals surface area contributed by atoms with Crippen molar-refractivity contribution >= 4 is 11.8 Å². The summed E-state index contributed by atoms with van der Waals surface area (Å²) >= 11 is 2.16. The van der Waals surface area contributed by atoms with Gasteiger partial charge in [-0.2, -0.15) is 11.8 Å². The molecule has 2 aliphatic heterocycles. The Kier molecular flexibility index (Phi) is 4.35. The Hall–Kier alpha value is 0.270. The molecule has 0 radical (unpaired) electrons. The lowest BCUT2D eigenvalue weighted by molar-refractivity contribution is 0.268. The number of hydrogen-bond donors (Lipinski definition) is 1. The van der Waals surface area contributed by atoms with E-state index in [0.717, 1.165) is 17.3 Å². The summed E-state index contributed by atoms with van der Waals surface area (Å²) in [5.41, 5.74) is 0. The molecule has 0 bridgehead atoms. The molecule has 3 heteroatoms. The van der Waals surface area contributed by atoms with Crippen molar-refractivity contribution in [2.45, 2.75) is 50.4 Å². The molecular weight excluding hydrogens is 204 g/mol. The molecule has 2 aliphatic rings. The van der Waals surface area contributed by atoms with Gasteiger partial charge in [0.05, 0.1) is 0 Å². The van der Waals surface area contributed by atoms with Gasteiger partial charge < -0.3 is 5.32 Å². The summed E-state index contributed by atoms with van der Waals surface area (Å²) in [5.74, 6) is 1.38. The maximum Gasteiger partial charge on any atom is 0.0207 e. The van der Waals surface area contributed by atoms with Crippen LogP contribution in [0.15, 0.2) is 0 Å². The van der Waals surface area contributed by atoms with Crippen LogP contribution in [-0.4, -0.2) is 47.6 Å². The van der Waals surface area contributed by atoms with E-state index < -0.39 is 0 Å². The lowest BCUT2D eigenvalue weighted by atomic mass is 10.2. The number of rotatable bonds is 4. The van der Waals surface area contributed by atoms with Gasteiger partial charge >= 0.3 is 0 Å². The molecule has 2 saturated heterocycles. The molecule has 88 valence electrons. The first kappa shape index (κ1) is 11.7. The SMILES string of the molecule is CC(C)N1CCC(NCC2CCCS2)C1. The Bertz CT molecular complexity index is 190. The molecule has 2 nitrogen and oxygen atoms in total. The average Bonchev–Trinajstić information content (AvgIpc) is 2.86. The normalized spacial score (nSPS) is 33.0. The van der Waals surface area contributed by atoms with Crippen LogP contribution in [0.5, 0.6) is 0 Å². The first-order valence-corrected chi connectivity index (χ1v) is 7.39. The molecule has 2 rings (SSSR count). The summed E-state index contributed by atoms with van der Waals surface area (Å²) in [5, 5.41) is 4.65. The fourth-order valence-electron chi connectivity index (χ4n) is 2.53. The Balaban J connectivity index is 1.64. The molecule has 1 N–H and O–H groups in total. The van der Waals surface area contributed by atoms with E-state index in [0.29, 0.717) is 0 Å². The monoisotopic (exact) mass is 228 g/mol. The van der Waals surface area contributed by atoms with Gasteiger partial charge in [-0.1, -0.05) is 0 Å². The maximum absolute atomic E-state index is 3.75. The molecular formula is C12H24N2S. The van der Waals surface area contributed by atoms with E-state index in [2.05, 4.69) is 35.8 Å². The zero-order valence-corrected chi connectivity index (χ0v) is 10.9. The van der Waals surface area contributed by atoms with E-state index in [1.807, 2.05) is 0 Å². The minimum Gasteiger partial charge on any atom is -0.312 e. The van der Waals surface area contributed by atoms with Crippen molar-refractivity contribution in [3.63, 3.8) is 0 Å². The first-order chi connectivity index (χ1) is 7.25. The third-order valence-electron chi connectivity index (χ3n) is 3.61.